The molecule has 0 aliphatic carbocycles. The smallest absolute Gasteiger partial charge is 0.411 e. The van der Waals surface area contributed by atoms with E-state index in [9.17, 15) is 4.79 Å². The van der Waals surface area contributed by atoms with E-state index in [-0.39, 0.29) is 0 Å². The fourth-order valence-electron chi connectivity index (χ4n) is 1.03. The molecule has 0 unspecified atom stereocenters. The minimum Gasteiger partial charge on any atom is -0.465 e. The van der Waals surface area contributed by atoms with Gasteiger partial charge in [-0.15, -0.1) is 11.3 Å². The Hall–Kier alpha value is -1.36. The quantitative estimate of drug-likeness (QED) is 0.663. The lowest BCUT2D eigenvalue weighted by Crippen LogP contribution is -2.24. The Morgan fingerprint density at radius 1 is 1.75 bits per heavy atom. The fourth-order valence-corrected chi connectivity index (χ4v) is 1.78. The Balaban J connectivity index is 2.30. The summed E-state index contributed by atoms with van der Waals surface area (Å²) in [6.45, 7) is 0.422. The van der Waals surface area contributed by atoms with Crippen molar-refractivity contribution in [3.8, 4) is 0 Å². The Kier molecular flexibility index (Phi) is 1.58. The van der Waals surface area contributed by atoms with Crippen LogP contribution in [0.1, 0.15) is 10.6 Å². The highest BCUT2D eigenvalue weighted by Crippen LogP contribution is 2.21. The maximum Gasteiger partial charge on any atom is 0.411 e. The molecule has 0 radical (unpaired) electrons. The molecule has 2 heterocycles. The topological polar surface area (TPSA) is 53.4 Å². The van der Waals surface area contributed by atoms with E-state index in [1.54, 1.807) is 11.6 Å². The van der Waals surface area contributed by atoms with E-state index >= 15 is 0 Å². The summed E-state index contributed by atoms with van der Waals surface area (Å²) in [5.41, 5.74) is 2.61. The van der Waals surface area contributed by atoms with Crippen LogP contribution in [0.5, 0.6) is 0 Å². The van der Waals surface area contributed by atoms with Crippen LogP contribution >= 0.6 is 11.3 Å². The van der Waals surface area contributed by atoms with Crippen LogP contribution in [-0.4, -0.2) is 21.1 Å². The molecule has 1 amide bonds. The monoisotopic (exact) mass is 182 g/mol. The molecular formula is C7H6N2O2S. The first-order chi connectivity index (χ1) is 5.77. The highest BCUT2D eigenvalue weighted by atomic mass is 32.1. The van der Waals surface area contributed by atoms with Crippen molar-refractivity contribution < 1.29 is 9.90 Å². The molecule has 62 valence electrons. The lowest BCUT2D eigenvalue weighted by atomic mass is 10.3. The van der Waals surface area contributed by atoms with Gasteiger partial charge < -0.3 is 5.11 Å². The third-order valence-corrected chi connectivity index (χ3v) is 2.48. The molecule has 0 saturated carbocycles. The van der Waals surface area contributed by atoms with E-state index in [4.69, 9.17) is 5.11 Å². The number of hydrogen-bond donors (Lipinski definition) is 1. The summed E-state index contributed by atoms with van der Waals surface area (Å²) in [5.74, 6) is 0. The van der Waals surface area contributed by atoms with Gasteiger partial charge in [-0.2, -0.15) is 0 Å². The first-order valence-corrected chi connectivity index (χ1v) is 4.25. The minimum absolute atomic E-state index is 0.422. The fraction of sp³-hybridized carbons (Fsp3) is 0.143. The van der Waals surface area contributed by atoms with Crippen LogP contribution in [0.2, 0.25) is 0 Å². The molecule has 1 N–H and O–H groups in total. The van der Waals surface area contributed by atoms with Crippen LogP contribution in [0.15, 0.2) is 11.7 Å². The normalized spacial score (nSPS) is 14.5. The molecule has 0 bridgehead atoms. The predicted molar refractivity (Wildman–Crippen MR) is 44.7 cm³/mol. The highest BCUT2D eigenvalue weighted by molar-refractivity contribution is 7.09. The van der Waals surface area contributed by atoms with Crippen molar-refractivity contribution in [2.24, 2.45) is 0 Å². The van der Waals surface area contributed by atoms with E-state index in [1.807, 2.05) is 0 Å². The molecule has 5 heteroatoms. The summed E-state index contributed by atoms with van der Waals surface area (Å²) in [6, 6.07) is 0. The number of carbonyl (C=O) groups is 1. The van der Waals surface area contributed by atoms with Gasteiger partial charge in [0.05, 0.1) is 22.6 Å². The summed E-state index contributed by atoms with van der Waals surface area (Å²) in [6.07, 6.45) is 2.32. The molecule has 0 fully saturated rings. The van der Waals surface area contributed by atoms with Crippen LogP contribution in [-0.2, 0) is 6.54 Å². The second kappa shape index (κ2) is 2.60. The molecule has 1 aliphatic heterocycles. The average Bonchev–Trinajstić information content (AvgIpc) is 2.49. The van der Waals surface area contributed by atoms with Gasteiger partial charge in [-0.3, -0.25) is 4.90 Å². The predicted octanol–water partition coefficient (Wildman–Crippen LogP) is 1.61. The summed E-state index contributed by atoms with van der Waals surface area (Å²) < 4.78 is 0. The van der Waals surface area contributed by atoms with Gasteiger partial charge in [-0.1, -0.05) is 0 Å². The number of carboxylic acid groups (broad SMARTS) is 1. The number of rotatable bonds is 0. The van der Waals surface area contributed by atoms with E-state index in [2.05, 4.69) is 4.98 Å². The van der Waals surface area contributed by atoms with Gasteiger partial charge >= 0.3 is 6.09 Å². The summed E-state index contributed by atoms with van der Waals surface area (Å²) in [4.78, 5) is 16.8. The SMILES string of the molecule is O=C(O)N1C=Cc2ncsc2C1. The molecule has 1 aromatic heterocycles. The zero-order chi connectivity index (χ0) is 8.55. The first kappa shape index (κ1) is 7.30. The van der Waals surface area contributed by atoms with Crippen LogP contribution in [0.25, 0.3) is 6.08 Å². The van der Waals surface area contributed by atoms with Gasteiger partial charge in [0, 0.05) is 6.20 Å². The van der Waals surface area contributed by atoms with Crippen LogP contribution < -0.4 is 0 Å². The number of aromatic nitrogens is 1. The third-order valence-electron chi connectivity index (χ3n) is 1.64. The number of nitrogens with zero attached hydrogens (tertiary/aromatic N) is 2. The molecule has 1 aliphatic rings. The number of thiazole rings is 1. The number of amides is 1. The first-order valence-electron chi connectivity index (χ1n) is 3.37. The van der Waals surface area contributed by atoms with E-state index in [0.29, 0.717) is 6.54 Å². The summed E-state index contributed by atoms with van der Waals surface area (Å²) >= 11 is 1.48. The van der Waals surface area contributed by atoms with Gasteiger partial charge in [-0.25, -0.2) is 9.78 Å². The lowest BCUT2D eigenvalue weighted by Gasteiger charge is -2.16. The molecule has 12 heavy (non-hydrogen) atoms. The standard InChI is InChI=1S/C7H6N2O2S/c10-7(11)9-2-1-5-6(3-9)12-4-8-5/h1-2,4H,3H2,(H,10,11). The van der Waals surface area contributed by atoms with Crippen molar-refractivity contribution in [2.75, 3.05) is 0 Å². The molecule has 0 spiro atoms. The second-order valence-electron chi connectivity index (χ2n) is 2.39. The largest absolute Gasteiger partial charge is 0.465 e. The van der Waals surface area contributed by atoms with Crippen LogP contribution in [0, 0.1) is 0 Å². The van der Waals surface area contributed by atoms with Crippen LogP contribution in [0.4, 0.5) is 4.79 Å². The Morgan fingerprint density at radius 2 is 2.58 bits per heavy atom. The van der Waals surface area contributed by atoms with Gasteiger partial charge in [0.25, 0.3) is 0 Å². The van der Waals surface area contributed by atoms with Gasteiger partial charge in [0.1, 0.15) is 0 Å². The van der Waals surface area contributed by atoms with Crippen molar-refractivity contribution in [3.63, 3.8) is 0 Å². The molecule has 0 saturated heterocycles. The lowest BCUT2D eigenvalue weighted by molar-refractivity contribution is 0.161. The van der Waals surface area contributed by atoms with E-state index in [0.717, 1.165) is 10.6 Å². The van der Waals surface area contributed by atoms with Crippen molar-refractivity contribution >= 4 is 23.5 Å². The highest BCUT2D eigenvalue weighted by Gasteiger charge is 2.16. The van der Waals surface area contributed by atoms with Gasteiger partial charge in [0.2, 0.25) is 0 Å². The maximum atomic E-state index is 10.5. The average molecular weight is 182 g/mol. The Morgan fingerprint density at radius 3 is 3.33 bits per heavy atom. The van der Waals surface area contributed by atoms with E-state index < -0.39 is 6.09 Å². The van der Waals surface area contributed by atoms with E-state index in [1.165, 1.54) is 22.4 Å². The van der Waals surface area contributed by atoms with Gasteiger partial charge in [-0.05, 0) is 6.08 Å². The van der Waals surface area contributed by atoms with Crippen molar-refractivity contribution in [2.45, 2.75) is 6.54 Å². The van der Waals surface area contributed by atoms with Crippen molar-refractivity contribution in [1.29, 1.82) is 0 Å². The Labute approximate surface area is 72.8 Å². The van der Waals surface area contributed by atoms with Crippen LogP contribution in [0.3, 0.4) is 0 Å². The van der Waals surface area contributed by atoms with Gasteiger partial charge in [0.15, 0.2) is 0 Å². The molecular weight excluding hydrogens is 176 g/mol. The number of fused-ring (bicyclic) bond motifs is 1. The Bertz CT molecular complexity index is 345. The molecule has 1 aromatic rings. The zero-order valence-corrected chi connectivity index (χ0v) is 6.91. The second-order valence-corrected chi connectivity index (χ2v) is 3.33. The molecule has 0 aromatic carbocycles. The van der Waals surface area contributed by atoms with Crippen molar-refractivity contribution in [1.82, 2.24) is 9.88 Å². The summed E-state index contributed by atoms with van der Waals surface area (Å²) in [7, 11) is 0. The molecule has 0 atom stereocenters. The zero-order valence-electron chi connectivity index (χ0n) is 6.10. The van der Waals surface area contributed by atoms with Crippen molar-refractivity contribution in [3.05, 3.63) is 22.3 Å². The number of hydrogen-bond acceptors (Lipinski definition) is 3. The summed E-state index contributed by atoms with van der Waals surface area (Å²) in [5, 5.41) is 8.66. The minimum atomic E-state index is -0.926. The molecule has 4 nitrogen and oxygen atoms in total. The molecule has 2 rings (SSSR count). The maximum absolute atomic E-state index is 10.5. The third kappa shape index (κ3) is 1.08.